The van der Waals surface area contributed by atoms with Crippen molar-refractivity contribution in [2.45, 2.75) is 6.54 Å². The highest BCUT2D eigenvalue weighted by molar-refractivity contribution is 5.93. The van der Waals surface area contributed by atoms with Gasteiger partial charge in [0.15, 0.2) is 5.82 Å². The van der Waals surface area contributed by atoms with Crippen molar-refractivity contribution in [3.8, 4) is 11.4 Å². The molecule has 0 atom stereocenters. The molecule has 0 saturated heterocycles. The molecule has 150 valence electrons. The van der Waals surface area contributed by atoms with Gasteiger partial charge in [0.05, 0.1) is 5.52 Å². The fraction of sp³-hybridized carbons (Fsp3) is 0.0385. The fourth-order valence-corrected chi connectivity index (χ4v) is 3.49. The minimum absolute atomic E-state index is 0.673. The first-order valence-electron chi connectivity index (χ1n) is 10.2. The Labute approximate surface area is 180 Å². The first-order valence-corrected chi connectivity index (χ1v) is 10.2. The fourth-order valence-electron chi connectivity index (χ4n) is 3.49. The molecule has 0 radical (unpaired) electrons. The number of nitrogens with zero attached hydrogens (tertiary/aromatic N) is 3. The number of hydrogen-bond donors (Lipinski definition) is 2. The maximum Gasteiger partial charge on any atom is 0.164 e. The van der Waals surface area contributed by atoms with Gasteiger partial charge in [0.25, 0.3) is 0 Å². The number of para-hydroxylation sites is 2. The zero-order valence-corrected chi connectivity index (χ0v) is 16.9. The van der Waals surface area contributed by atoms with Crippen molar-refractivity contribution in [1.82, 2.24) is 15.0 Å². The number of nitrogens with one attached hydrogen (secondary N) is 2. The third-order valence-electron chi connectivity index (χ3n) is 5.04. The highest BCUT2D eigenvalue weighted by Gasteiger charge is 2.12. The van der Waals surface area contributed by atoms with Gasteiger partial charge >= 0.3 is 0 Å². The van der Waals surface area contributed by atoms with E-state index < -0.39 is 0 Å². The summed E-state index contributed by atoms with van der Waals surface area (Å²) in [6.07, 6.45) is 3.52. The van der Waals surface area contributed by atoms with Crippen LogP contribution in [0.25, 0.3) is 22.3 Å². The number of hydrogen-bond acceptors (Lipinski definition) is 5. The van der Waals surface area contributed by atoms with Crippen LogP contribution < -0.4 is 10.6 Å². The van der Waals surface area contributed by atoms with Gasteiger partial charge in [0, 0.05) is 41.3 Å². The van der Waals surface area contributed by atoms with E-state index in [1.54, 1.807) is 12.4 Å². The smallest absolute Gasteiger partial charge is 0.164 e. The minimum atomic E-state index is 0.673. The average molecular weight is 403 g/mol. The molecule has 0 unspecified atom stereocenters. The van der Waals surface area contributed by atoms with Crippen LogP contribution in [-0.4, -0.2) is 15.0 Å². The molecule has 0 amide bonds. The van der Waals surface area contributed by atoms with Crippen LogP contribution in [0.2, 0.25) is 0 Å². The summed E-state index contributed by atoms with van der Waals surface area (Å²) in [5.74, 6) is 1.44. The normalized spacial score (nSPS) is 10.7. The van der Waals surface area contributed by atoms with Gasteiger partial charge in [-0.1, -0.05) is 54.6 Å². The van der Waals surface area contributed by atoms with Crippen molar-refractivity contribution in [1.29, 1.82) is 0 Å². The van der Waals surface area contributed by atoms with Crippen molar-refractivity contribution in [3.63, 3.8) is 0 Å². The number of rotatable bonds is 6. The Hall–Kier alpha value is -4.25. The molecule has 0 aliphatic carbocycles. The van der Waals surface area contributed by atoms with E-state index in [2.05, 4.69) is 33.8 Å². The monoisotopic (exact) mass is 403 g/mol. The summed E-state index contributed by atoms with van der Waals surface area (Å²) in [6, 6.07) is 30.4. The molecule has 5 heteroatoms. The second-order valence-electron chi connectivity index (χ2n) is 7.16. The summed E-state index contributed by atoms with van der Waals surface area (Å²) in [7, 11) is 0. The lowest BCUT2D eigenvalue weighted by Gasteiger charge is -2.14. The van der Waals surface area contributed by atoms with Crippen LogP contribution in [0, 0.1) is 0 Å². The number of anilines is 3. The van der Waals surface area contributed by atoms with E-state index in [4.69, 9.17) is 9.97 Å². The Bertz CT molecular complexity index is 1300. The molecule has 2 heterocycles. The molecule has 5 aromatic rings. The van der Waals surface area contributed by atoms with Crippen LogP contribution in [-0.2, 0) is 6.54 Å². The van der Waals surface area contributed by atoms with Crippen molar-refractivity contribution in [3.05, 3.63) is 109 Å². The Morgan fingerprint density at radius 1 is 0.677 bits per heavy atom. The van der Waals surface area contributed by atoms with E-state index in [1.807, 2.05) is 72.8 Å². The lowest BCUT2D eigenvalue weighted by Crippen LogP contribution is -2.03. The SMILES string of the molecule is c1ccc(CNc2ccccc2-c2nc(Nc3ccncc3)c3ccccc3n2)cc1. The van der Waals surface area contributed by atoms with Crippen molar-refractivity contribution in [2.75, 3.05) is 10.6 Å². The molecule has 2 N–H and O–H groups in total. The molecule has 0 spiro atoms. The topological polar surface area (TPSA) is 62.7 Å². The average Bonchev–Trinajstić information content (AvgIpc) is 2.84. The van der Waals surface area contributed by atoms with Gasteiger partial charge in [-0.25, -0.2) is 9.97 Å². The summed E-state index contributed by atoms with van der Waals surface area (Å²) in [6.45, 7) is 0.730. The highest BCUT2D eigenvalue weighted by atomic mass is 15.0. The standard InChI is InChI=1S/C26H21N5/c1-2-8-19(9-3-1)18-28-23-12-6-4-10-21(23)26-30-24-13-7-5-11-22(24)25(31-26)29-20-14-16-27-17-15-20/h1-17,28H,18H2,(H,27,29,30,31). The zero-order chi connectivity index (χ0) is 20.9. The van der Waals surface area contributed by atoms with E-state index in [0.29, 0.717) is 5.82 Å². The maximum atomic E-state index is 4.90. The molecule has 0 aliphatic rings. The lowest BCUT2D eigenvalue weighted by molar-refractivity contribution is 1.14. The largest absolute Gasteiger partial charge is 0.380 e. The van der Waals surface area contributed by atoms with Gasteiger partial charge in [0.1, 0.15) is 5.82 Å². The van der Waals surface area contributed by atoms with Gasteiger partial charge in [-0.2, -0.15) is 0 Å². The molecule has 0 saturated carbocycles. The molecular formula is C26H21N5. The van der Waals surface area contributed by atoms with Gasteiger partial charge in [0.2, 0.25) is 0 Å². The summed E-state index contributed by atoms with van der Waals surface area (Å²) in [5, 5.41) is 7.93. The van der Waals surface area contributed by atoms with Crippen molar-refractivity contribution < 1.29 is 0 Å². The summed E-state index contributed by atoms with van der Waals surface area (Å²) < 4.78 is 0. The zero-order valence-electron chi connectivity index (χ0n) is 16.9. The quantitative estimate of drug-likeness (QED) is 0.361. The third kappa shape index (κ3) is 4.21. The van der Waals surface area contributed by atoms with E-state index >= 15 is 0 Å². The molecule has 5 nitrogen and oxygen atoms in total. The van der Waals surface area contributed by atoms with E-state index in [-0.39, 0.29) is 0 Å². The Morgan fingerprint density at radius 3 is 2.29 bits per heavy atom. The van der Waals surface area contributed by atoms with Gasteiger partial charge in [-0.05, 0) is 42.0 Å². The van der Waals surface area contributed by atoms with Gasteiger partial charge < -0.3 is 10.6 Å². The Morgan fingerprint density at radius 2 is 1.42 bits per heavy atom. The molecule has 0 aliphatic heterocycles. The van der Waals surface area contributed by atoms with Crippen LogP contribution >= 0.6 is 0 Å². The summed E-state index contributed by atoms with van der Waals surface area (Å²) in [4.78, 5) is 13.8. The maximum absolute atomic E-state index is 4.90. The second kappa shape index (κ2) is 8.63. The Kier molecular flexibility index (Phi) is 5.22. The summed E-state index contributed by atoms with van der Waals surface area (Å²) >= 11 is 0. The number of benzene rings is 3. The van der Waals surface area contributed by atoms with Crippen LogP contribution in [0.5, 0.6) is 0 Å². The third-order valence-corrected chi connectivity index (χ3v) is 5.04. The first-order chi connectivity index (χ1) is 15.4. The lowest BCUT2D eigenvalue weighted by atomic mass is 10.1. The van der Waals surface area contributed by atoms with Crippen LogP contribution in [0.1, 0.15) is 5.56 Å². The Balaban J connectivity index is 1.55. The summed E-state index contributed by atoms with van der Waals surface area (Å²) in [5.41, 5.74) is 5.00. The van der Waals surface area contributed by atoms with Crippen molar-refractivity contribution in [2.24, 2.45) is 0 Å². The minimum Gasteiger partial charge on any atom is -0.380 e. The molecule has 0 fully saturated rings. The predicted octanol–water partition coefficient (Wildman–Crippen LogP) is 6.05. The second-order valence-corrected chi connectivity index (χ2v) is 7.16. The highest BCUT2D eigenvalue weighted by Crippen LogP contribution is 2.31. The molecule has 31 heavy (non-hydrogen) atoms. The van der Waals surface area contributed by atoms with E-state index in [1.165, 1.54) is 5.56 Å². The molecule has 0 bridgehead atoms. The number of pyridine rings is 1. The first kappa shape index (κ1) is 18.8. The van der Waals surface area contributed by atoms with E-state index in [9.17, 15) is 0 Å². The van der Waals surface area contributed by atoms with Crippen molar-refractivity contribution >= 4 is 28.1 Å². The van der Waals surface area contributed by atoms with Crippen LogP contribution in [0.15, 0.2) is 103 Å². The number of aromatic nitrogens is 3. The molecule has 3 aromatic carbocycles. The molecule has 2 aromatic heterocycles. The van der Waals surface area contributed by atoms with Crippen LogP contribution in [0.4, 0.5) is 17.2 Å². The van der Waals surface area contributed by atoms with Crippen LogP contribution in [0.3, 0.4) is 0 Å². The van der Waals surface area contributed by atoms with E-state index in [0.717, 1.165) is 40.2 Å². The predicted molar refractivity (Wildman–Crippen MR) is 126 cm³/mol. The van der Waals surface area contributed by atoms with Gasteiger partial charge in [-0.15, -0.1) is 0 Å². The molecule has 5 rings (SSSR count). The molecular weight excluding hydrogens is 382 g/mol. The number of fused-ring (bicyclic) bond motifs is 1. The van der Waals surface area contributed by atoms with Gasteiger partial charge in [-0.3, -0.25) is 4.98 Å².